The van der Waals surface area contributed by atoms with Crippen LogP contribution in [0.2, 0.25) is 0 Å². The average molecular weight is 378 g/mol. The van der Waals surface area contributed by atoms with Gasteiger partial charge in [0.25, 0.3) is 0 Å². The monoisotopic (exact) mass is 378 g/mol. The van der Waals surface area contributed by atoms with Crippen LogP contribution in [0.25, 0.3) is 16.2 Å². The molecule has 2 aromatic heterocycles. The molecule has 0 atom stereocenters. The molecule has 6 nitrogen and oxygen atoms in total. The first-order valence-corrected chi connectivity index (χ1v) is 9.44. The second-order valence-electron chi connectivity index (χ2n) is 5.77. The molecular formula is C20H18N4O2S. The standard InChI is InChI=1S/C20H18N4O2S/c1-2-26-18-10-6-5-9-16(18)22-19(25)21-15-8-4-3-7-14(15)17-13-24-11-12-27-20(24)23-17/h3-13H,2H2,1H3,(H2,21,22,25). The summed E-state index contributed by atoms with van der Waals surface area (Å²) in [4.78, 5) is 18.1. The van der Waals surface area contributed by atoms with Gasteiger partial charge in [0.15, 0.2) is 4.96 Å². The number of nitrogens with one attached hydrogen (secondary N) is 2. The fourth-order valence-corrected chi connectivity index (χ4v) is 3.50. The number of para-hydroxylation sites is 3. The van der Waals surface area contributed by atoms with Crippen molar-refractivity contribution in [3.8, 4) is 17.0 Å². The van der Waals surface area contributed by atoms with Gasteiger partial charge >= 0.3 is 6.03 Å². The van der Waals surface area contributed by atoms with Crippen molar-refractivity contribution in [1.82, 2.24) is 9.38 Å². The van der Waals surface area contributed by atoms with Crippen LogP contribution in [0, 0.1) is 0 Å². The number of aromatic nitrogens is 2. The zero-order valence-corrected chi connectivity index (χ0v) is 15.5. The number of rotatable bonds is 5. The summed E-state index contributed by atoms with van der Waals surface area (Å²) in [5, 5.41) is 7.74. The van der Waals surface area contributed by atoms with Gasteiger partial charge in [-0.05, 0) is 25.1 Å². The normalized spacial score (nSPS) is 10.7. The minimum absolute atomic E-state index is 0.337. The Morgan fingerprint density at radius 2 is 1.85 bits per heavy atom. The predicted octanol–water partition coefficient (Wildman–Crippen LogP) is 5.11. The highest BCUT2D eigenvalue weighted by Gasteiger charge is 2.13. The maximum atomic E-state index is 12.5. The molecule has 0 aliphatic carbocycles. The van der Waals surface area contributed by atoms with Crippen LogP contribution in [-0.4, -0.2) is 22.0 Å². The summed E-state index contributed by atoms with van der Waals surface area (Å²) < 4.78 is 7.52. The maximum absolute atomic E-state index is 12.5. The summed E-state index contributed by atoms with van der Waals surface area (Å²) in [6.45, 7) is 2.43. The van der Waals surface area contributed by atoms with Gasteiger partial charge in [-0.15, -0.1) is 11.3 Å². The minimum Gasteiger partial charge on any atom is -0.492 e. The first-order valence-electron chi connectivity index (χ1n) is 8.56. The fourth-order valence-electron chi connectivity index (χ4n) is 2.80. The van der Waals surface area contributed by atoms with Crippen molar-refractivity contribution >= 4 is 33.7 Å². The van der Waals surface area contributed by atoms with Crippen molar-refractivity contribution in [1.29, 1.82) is 0 Å². The van der Waals surface area contributed by atoms with Crippen LogP contribution in [0.1, 0.15) is 6.92 Å². The quantitative estimate of drug-likeness (QED) is 0.507. The van der Waals surface area contributed by atoms with E-state index in [9.17, 15) is 4.79 Å². The lowest BCUT2D eigenvalue weighted by Crippen LogP contribution is -2.20. The number of carbonyl (C=O) groups excluding carboxylic acids is 1. The van der Waals surface area contributed by atoms with E-state index in [0.29, 0.717) is 23.7 Å². The number of thiazole rings is 1. The second-order valence-corrected chi connectivity index (χ2v) is 6.65. The van der Waals surface area contributed by atoms with Crippen molar-refractivity contribution in [3.05, 3.63) is 66.3 Å². The Balaban J connectivity index is 1.56. The SMILES string of the molecule is CCOc1ccccc1NC(=O)Nc1ccccc1-c1cn2ccsc2n1. The zero-order chi connectivity index (χ0) is 18.6. The number of ether oxygens (including phenoxy) is 1. The lowest BCUT2D eigenvalue weighted by molar-refractivity contribution is 0.262. The largest absolute Gasteiger partial charge is 0.492 e. The van der Waals surface area contributed by atoms with E-state index < -0.39 is 0 Å². The highest BCUT2D eigenvalue weighted by atomic mass is 32.1. The Labute approximate surface area is 160 Å². The molecular weight excluding hydrogens is 360 g/mol. The van der Waals surface area contributed by atoms with Gasteiger partial charge in [0, 0.05) is 23.3 Å². The number of hydrogen-bond donors (Lipinski definition) is 2. The number of amides is 2. The molecule has 27 heavy (non-hydrogen) atoms. The van der Waals surface area contributed by atoms with E-state index in [1.807, 2.05) is 71.6 Å². The van der Waals surface area contributed by atoms with Crippen molar-refractivity contribution < 1.29 is 9.53 Å². The predicted molar refractivity (Wildman–Crippen MR) is 109 cm³/mol. The number of anilines is 2. The van der Waals surface area contributed by atoms with E-state index in [2.05, 4.69) is 15.6 Å². The number of imidazole rings is 1. The first-order chi connectivity index (χ1) is 13.2. The molecule has 2 aromatic carbocycles. The summed E-state index contributed by atoms with van der Waals surface area (Å²) in [5.74, 6) is 0.637. The fraction of sp³-hybridized carbons (Fsp3) is 0.100. The van der Waals surface area contributed by atoms with E-state index in [1.165, 1.54) is 0 Å². The zero-order valence-electron chi connectivity index (χ0n) is 14.7. The number of hydrogen-bond acceptors (Lipinski definition) is 4. The molecule has 4 rings (SSSR count). The molecule has 2 N–H and O–H groups in total. The molecule has 2 heterocycles. The topological polar surface area (TPSA) is 67.7 Å². The third-order valence-corrected chi connectivity index (χ3v) is 4.75. The van der Waals surface area contributed by atoms with Crippen molar-refractivity contribution in [2.45, 2.75) is 6.92 Å². The van der Waals surface area contributed by atoms with Crippen LogP contribution in [0.4, 0.5) is 16.2 Å². The molecule has 136 valence electrons. The van der Waals surface area contributed by atoms with Crippen molar-refractivity contribution in [3.63, 3.8) is 0 Å². The molecule has 0 radical (unpaired) electrons. The summed E-state index contributed by atoms with van der Waals surface area (Å²) in [6.07, 6.45) is 3.92. The van der Waals surface area contributed by atoms with Gasteiger partial charge in [0.2, 0.25) is 0 Å². The van der Waals surface area contributed by atoms with Crippen LogP contribution in [0.3, 0.4) is 0 Å². The molecule has 0 aliphatic heterocycles. The lowest BCUT2D eigenvalue weighted by Gasteiger charge is -2.13. The number of carbonyl (C=O) groups is 1. The van der Waals surface area contributed by atoms with Crippen molar-refractivity contribution in [2.24, 2.45) is 0 Å². The highest BCUT2D eigenvalue weighted by Crippen LogP contribution is 2.29. The Morgan fingerprint density at radius 1 is 1.11 bits per heavy atom. The molecule has 0 saturated carbocycles. The maximum Gasteiger partial charge on any atom is 0.323 e. The van der Waals surface area contributed by atoms with Gasteiger partial charge < -0.3 is 15.4 Å². The van der Waals surface area contributed by atoms with Gasteiger partial charge in [-0.1, -0.05) is 30.3 Å². The Bertz CT molecular complexity index is 1060. The summed E-state index contributed by atoms with van der Waals surface area (Å²) >= 11 is 1.57. The molecule has 0 bridgehead atoms. The van der Waals surface area contributed by atoms with E-state index in [4.69, 9.17) is 4.74 Å². The molecule has 0 aliphatic rings. The number of urea groups is 1. The first kappa shape index (κ1) is 17.1. The van der Waals surface area contributed by atoms with E-state index in [0.717, 1.165) is 16.2 Å². The van der Waals surface area contributed by atoms with Crippen LogP contribution in [0.5, 0.6) is 5.75 Å². The van der Waals surface area contributed by atoms with Gasteiger partial charge in [0.1, 0.15) is 5.75 Å². The van der Waals surface area contributed by atoms with Crippen LogP contribution in [0.15, 0.2) is 66.3 Å². The van der Waals surface area contributed by atoms with Gasteiger partial charge in [-0.2, -0.15) is 0 Å². The van der Waals surface area contributed by atoms with E-state index in [1.54, 1.807) is 17.4 Å². The third-order valence-electron chi connectivity index (χ3n) is 3.98. The second kappa shape index (κ2) is 7.51. The minimum atomic E-state index is -0.337. The molecule has 2 amide bonds. The van der Waals surface area contributed by atoms with Gasteiger partial charge in [0.05, 0.1) is 23.7 Å². The van der Waals surface area contributed by atoms with Crippen LogP contribution < -0.4 is 15.4 Å². The summed E-state index contributed by atoms with van der Waals surface area (Å²) in [7, 11) is 0. The molecule has 0 spiro atoms. The molecule has 4 aromatic rings. The lowest BCUT2D eigenvalue weighted by atomic mass is 10.1. The highest BCUT2D eigenvalue weighted by molar-refractivity contribution is 7.15. The summed E-state index contributed by atoms with van der Waals surface area (Å²) in [6, 6.07) is 14.6. The summed E-state index contributed by atoms with van der Waals surface area (Å²) in [5.41, 5.74) is 2.99. The van der Waals surface area contributed by atoms with Gasteiger partial charge in [-0.3, -0.25) is 4.40 Å². The molecule has 0 unspecified atom stereocenters. The molecule has 0 fully saturated rings. The van der Waals surface area contributed by atoms with Gasteiger partial charge in [-0.25, -0.2) is 9.78 Å². The Hall–Kier alpha value is -3.32. The third kappa shape index (κ3) is 3.63. The Morgan fingerprint density at radius 3 is 2.67 bits per heavy atom. The van der Waals surface area contributed by atoms with E-state index in [-0.39, 0.29) is 6.03 Å². The smallest absolute Gasteiger partial charge is 0.323 e. The number of fused-ring (bicyclic) bond motifs is 1. The number of benzene rings is 2. The van der Waals surface area contributed by atoms with Crippen LogP contribution >= 0.6 is 11.3 Å². The average Bonchev–Trinajstić information content (AvgIpc) is 3.26. The molecule has 0 saturated heterocycles. The molecule has 7 heteroatoms. The number of nitrogens with zero attached hydrogens (tertiary/aromatic N) is 2. The van der Waals surface area contributed by atoms with E-state index >= 15 is 0 Å². The van der Waals surface area contributed by atoms with Crippen LogP contribution in [-0.2, 0) is 0 Å². The van der Waals surface area contributed by atoms with Crippen molar-refractivity contribution in [2.75, 3.05) is 17.2 Å². The Kier molecular flexibility index (Phi) is 4.76.